The molecule has 1 aromatic rings. The van der Waals surface area contributed by atoms with Crippen LogP contribution in [-0.4, -0.2) is 27.9 Å². The number of hydrogen-bond donors (Lipinski definition) is 1. The molecule has 9 heteroatoms. The first-order valence-electron chi connectivity index (χ1n) is 5.65. The first kappa shape index (κ1) is 14.4. The van der Waals surface area contributed by atoms with Gasteiger partial charge in [0.15, 0.2) is 5.82 Å². The molecule has 1 saturated heterocycles. The summed E-state index contributed by atoms with van der Waals surface area (Å²) in [5.41, 5.74) is 0.889. The summed E-state index contributed by atoms with van der Waals surface area (Å²) in [6.45, 7) is 1.69. The second-order valence-electron chi connectivity index (χ2n) is 3.94. The van der Waals surface area contributed by atoms with Crippen molar-refractivity contribution in [2.75, 3.05) is 13.1 Å². The molecule has 0 radical (unpaired) electrons. The molecule has 1 fully saturated rings. The molecule has 0 aromatic carbocycles. The Morgan fingerprint density at radius 3 is 3.10 bits per heavy atom. The van der Waals surface area contributed by atoms with E-state index in [0.717, 1.165) is 5.56 Å². The van der Waals surface area contributed by atoms with Gasteiger partial charge in [0.2, 0.25) is 0 Å². The summed E-state index contributed by atoms with van der Waals surface area (Å²) in [5, 5.41) is 24.6. The summed E-state index contributed by atoms with van der Waals surface area (Å²) in [5.74, 6) is 0.372. The van der Waals surface area contributed by atoms with Crippen molar-refractivity contribution < 1.29 is 4.92 Å². The normalized spacial score (nSPS) is 16.5. The molecular formula is C11H10ClN5O2S. The Morgan fingerprint density at radius 2 is 2.50 bits per heavy atom. The molecule has 2 heterocycles. The van der Waals surface area contributed by atoms with Crippen molar-refractivity contribution in [2.24, 2.45) is 0 Å². The van der Waals surface area contributed by atoms with Crippen LogP contribution in [0, 0.1) is 20.8 Å². The number of thiocyanates is 1. The quantitative estimate of drug-likeness (QED) is 0.392. The van der Waals surface area contributed by atoms with Gasteiger partial charge in [-0.3, -0.25) is 10.1 Å². The molecule has 1 N–H and O–H groups in total. The number of nitriles is 1. The highest BCUT2D eigenvalue weighted by Gasteiger charge is 2.28. The number of aromatic nitrogens is 1. The number of rotatable bonds is 4. The molecule has 104 valence electrons. The third-order valence-electron chi connectivity index (χ3n) is 2.66. The Kier molecular flexibility index (Phi) is 4.65. The average molecular weight is 312 g/mol. The minimum absolute atomic E-state index is 0.188. The van der Waals surface area contributed by atoms with E-state index in [9.17, 15) is 10.1 Å². The Bertz CT molecular complexity index is 583. The van der Waals surface area contributed by atoms with E-state index in [4.69, 9.17) is 16.9 Å². The smallest absolute Gasteiger partial charge is 0.357 e. The van der Waals surface area contributed by atoms with E-state index in [1.165, 1.54) is 0 Å². The number of nitrogens with zero attached hydrogens (tertiary/aromatic N) is 4. The van der Waals surface area contributed by atoms with Gasteiger partial charge in [-0.15, -0.1) is 0 Å². The van der Waals surface area contributed by atoms with Gasteiger partial charge in [0.25, 0.3) is 0 Å². The van der Waals surface area contributed by atoms with Crippen LogP contribution in [0.25, 0.3) is 0 Å². The first-order chi connectivity index (χ1) is 9.61. The highest BCUT2D eigenvalue weighted by molar-refractivity contribution is 8.07. The van der Waals surface area contributed by atoms with Crippen LogP contribution in [0.1, 0.15) is 5.56 Å². The monoisotopic (exact) mass is 311 g/mol. The van der Waals surface area contributed by atoms with Crippen LogP contribution in [-0.2, 0) is 6.54 Å². The zero-order chi connectivity index (χ0) is 14.5. The predicted molar refractivity (Wildman–Crippen MR) is 74.9 cm³/mol. The number of hydrogen-bond acceptors (Lipinski definition) is 7. The highest BCUT2D eigenvalue weighted by Crippen LogP contribution is 2.24. The number of halogens is 1. The summed E-state index contributed by atoms with van der Waals surface area (Å²) in [6.07, 6.45) is 1.63. The van der Waals surface area contributed by atoms with E-state index < -0.39 is 4.92 Å². The van der Waals surface area contributed by atoms with Gasteiger partial charge < -0.3 is 10.2 Å². The number of thioether (sulfide) groups is 1. The van der Waals surface area contributed by atoms with Crippen LogP contribution < -0.4 is 5.32 Å². The Hall–Kier alpha value is -1.98. The minimum Gasteiger partial charge on any atom is -0.364 e. The lowest BCUT2D eigenvalue weighted by Gasteiger charge is -2.17. The van der Waals surface area contributed by atoms with E-state index in [1.807, 2.05) is 11.0 Å². The van der Waals surface area contributed by atoms with Crippen LogP contribution in [0.2, 0.25) is 5.15 Å². The molecule has 1 aromatic heterocycles. The van der Waals surface area contributed by atoms with Gasteiger partial charge in [0.05, 0.1) is 16.7 Å². The standard InChI is InChI=1S/C11H10ClN5O2S/c12-9-2-1-8(5-15-9)6-16-4-3-14-10(16)11(17(18)19)20-7-13/h1-2,5,14H,3-4,6H2/b11-10+. The van der Waals surface area contributed by atoms with Crippen LogP contribution in [0.3, 0.4) is 0 Å². The van der Waals surface area contributed by atoms with E-state index >= 15 is 0 Å². The van der Waals surface area contributed by atoms with Gasteiger partial charge in [-0.1, -0.05) is 17.7 Å². The van der Waals surface area contributed by atoms with E-state index in [0.29, 0.717) is 42.4 Å². The second-order valence-corrected chi connectivity index (χ2v) is 5.10. The molecule has 0 amide bonds. The first-order valence-corrected chi connectivity index (χ1v) is 6.85. The number of nitro groups is 1. The second kappa shape index (κ2) is 6.45. The van der Waals surface area contributed by atoms with Gasteiger partial charge in [0, 0.05) is 25.8 Å². The molecule has 0 unspecified atom stereocenters. The maximum Gasteiger partial charge on any atom is 0.357 e. The SMILES string of the molecule is N#CS/C(=C1\NCCN1Cc1ccc(Cl)nc1)[N+](=O)[O-]. The third kappa shape index (κ3) is 3.31. The van der Waals surface area contributed by atoms with E-state index in [1.54, 1.807) is 17.7 Å². The van der Waals surface area contributed by atoms with E-state index in [-0.39, 0.29) is 5.03 Å². The molecule has 0 aliphatic carbocycles. The van der Waals surface area contributed by atoms with E-state index in [2.05, 4.69) is 10.3 Å². The zero-order valence-electron chi connectivity index (χ0n) is 10.2. The van der Waals surface area contributed by atoms with Crippen molar-refractivity contribution in [3.05, 3.63) is 50.0 Å². The molecule has 0 bridgehead atoms. The fraction of sp³-hybridized carbons (Fsp3) is 0.273. The summed E-state index contributed by atoms with van der Waals surface area (Å²) in [6, 6.07) is 3.48. The molecular weight excluding hydrogens is 302 g/mol. The molecule has 0 atom stereocenters. The maximum atomic E-state index is 11.0. The van der Waals surface area contributed by atoms with Crippen LogP contribution in [0.4, 0.5) is 0 Å². The molecule has 7 nitrogen and oxygen atoms in total. The fourth-order valence-corrected chi connectivity index (χ4v) is 2.41. The summed E-state index contributed by atoms with van der Waals surface area (Å²) in [7, 11) is 0. The number of nitrogens with one attached hydrogen (secondary N) is 1. The Labute approximate surface area is 124 Å². The minimum atomic E-state index is -0.547. The van der Waals surface area contributed by atoms with Crippen molar-refractivity contribution in [1.82, 2.24) is 15.2 Å². The third-order valence-corrected chi connectivity index (χ3v) is 3.51. The van der Waals surface area contributed by atoms with Gasteiger partial charge >= 0.3 is 5.03 Å². The van der Waals surface area contributed by atoms with Crippen LogP contribution in [0.5, 0.6) is 0 Å². The lowest BCUT2D eigenvalue weighted by atomic mass is 10.2. The summed E-state index contributed by atoms with van der Waals surface area (Å²) >= 11 is 6.26. The van der Waals surface area contributed by atoms with Crippen molar-refractivity contribution in [2.45, 2.75) is 6.54 Å². The topological polar surface area (TPSA) is 95.1 Å². The fourth-order valence-electron chi connectivity index (χ4n) is 1.84. The zero-order valence-corrected chi connectivity index (χ0v) is 11.8. The van der Waals surface area contributed by atoms with Gasteiger partial charge in [-0.05, 0) is 11.6 Å². The maximum absolute atomic E-state index is 11.0. The molecule has 20 heavy (non-hydrogen) atoms. The highest BCUT2D eigenvalue weighted by atomic mass is 35.5. The van der Waals surface area contributed by atoms with Crippen LogP contribution >= 0.6 is 23.4 Å². The lowest BCUT2D eigenvalue weighted by molar-refractivity contribution is -0.412. The Morgan fingerprint density at radius 1 is 1.70 bits per heavy atom. The van der Waals surface area contributed by atoms with Gasteiger partial charge in [-0.25, -0.2) is 4.98 Å². The number of pyridine rings is 1. The van der Waals surface area contributed by atoms with Gasteiger partial charge in [-0.2, -0.15) is 5.26 Å². The van der Waals surface area contributed by atoms with Crippen molar-refractivity contribution >= 4 is 23.4 Å². The summed E-state index contributed by atoms with van der Waals surface area (Å²) in [4.78, 5) is 16.2. The van der Waals surface area contributed by atoms with Crippen molar-refractivity contribution in [1.29, 1.82) is 5.26 Å². The Balaban J connectivity index is 2.22. The predicted octanol–water partition coefficient (Wildman–Crippen LogP) is 1.76. The van der Waals surface area contributed by atoms with Crippen molar-refractivity contribution in [3.8, 4) is 5.40 Å². The molecule has 2 rings (SSSR count). The molecule has 0 spiro atoms. The lowest BCUT2D eigenvalue weighted by Crippen LogP contribution is -2.22. The van der Waals surface area contributed by atoms with Crippen LogP contribution in [0.15, 0.2) is 29.2 Å². The van der Waals surface area contributed by atoms with Crippen molar-refractivity contribution in [3.63, 3.8) is 0 Å². The molecule has 1 aliphatic heterocycles. The average Bonchev–Trinajstić information content (AvgIpc) is 2.86. The van der Waals surface area contributed by atoms with Gasteiger partial charge in [0.1, 0.15) is 10.6 Å². The summed E-state index contributed by atoms with van der Waals surface area (Å²) < 4.78 is 0. The largest absolute Gasteiger partial charge is 0.364 e. The molecule has 1 aliphatic rings. The molecule has 0 saturated carbocycles.